The van der Waals surface area contributed by atoms with Crippen LogP contribution in [0.3, 0.4) is 0 Å². The van der Waals surface area contributed by atoms with E-state index < -0.39 is 0 Å². The van der Waals surface area contributed by atoms with Gasteiger partial charge >= 0.3 is 0 Å². The van der Waals surface area contributed by atoms with Gasteiger partial charge in [0.25, 0.3) is 0 Å². The first-order chi connectivity index (χ1) is 12.7. The average Bonchev–Trinajstić information content (AvgIpc) is 3.12. The van der Waals surface area contributed by atoms with Crippen LogP contribution in [0.4, 0.5) is 5.82 Å². The van der Waals surface area contributed by atoms with Gasteiger partial charge in [-0.1, -0.05) is 36.4 Å². The Bertz CT molecular complexity index is 1060. The van der Waals surface area contributed by atoms with E-state index in [2.05, 4.69) is 15.3 Å². The van der Waals surface area contributed by atoms with Gasteiger partial charge in [-0.25, -0.2) is 9.97 Å². The first kappa shape index (κ1) is 16.0. The van der Waals surface area contributed by atoms with Crippen molar-refractivity contribution in [3.8, 4) is 11.3 Å². The van der Waals surface area contributed by atoms with Crippen LogP contribution >= 0.6 is 0 Å². The van der Waals surface area contributed by atoms with Gasteiger partial charge in [-0.2, -0.15) is 0 Å². The Hall–Kier alpha value is -3.54. The predicted octanol–water partition coefficient (Wildman–Crippen LogP) is 3.61. The number of hydrogen-bond donors (Lipinski definition) is 1. The standard InChI is InChI=1S/C20H17N5O/c1-14(26)18-12-23-20-19(22-11-15-6-5-9-21-10-15)24-17(13-25(18)20)16-7-3-2-4-8-16/h2-10,12-13H,11H2,1H3,(H,22,24). The smallest absolute Gasteiger partial charge is 0.180 e. The fourth-order valence-electron chi connectivity index (χ4n) is 2.80. The van der Waals surface area contributed by atoms with Crippen molar-refractivity contribution in [3.63, 3.8) is 0 Å². The number of nitrogens with one attached hydrogen (secondary N) is 1. The maximum absolute atomic E-state index is 11.9. The molecule has 0 aliphatic heterocycles. The molecule has 4 rings (SSSR count). The van der Waals surface area contributed by atoms with Crippen molar-refractivity contribution in [1.82, 2.24) is 19.4 Å². The third-order valence-corrected chi connectivity index (χ3v) is 4.11. The summed E-state index contributed by atoms with van der Waals surface area (Å²) in [7, 11) is 0. The number of rotatable bonds is 5. The lowest BCUT2D eigenvalue weighted by Gasteiger charge is -2.11. The zero-order valence-corrected chi connectivity index (χ0v) is 14.3. The van der Waals surface area contributed by atoms with Crippen LogP contribution in [0, 0.1) is 0 Å². The summed E-state index contributed by atoms with van der Waals surface area (Å²) in [5, 5.41) is 3.32. The van der Waals surface area contributed by atoms with Gasteiger partial charge in [-0.15, -0.1) is 0 Å². The van der Waals surface area contributed by atoms with Crippen molar-refractivity contribution in [2.24, 2.45) is 0 Å². The van der Waals surface area contributed by atoms with Crippen molar-refractivity contribution >= 4 is 17.2 Å². The van der Waals surface area contributed by atoms with Crippen LogP contribution in [0.5, 0.6) is 0 Å². The lowest BCUT2D eigenvalue weighted by Crippen LogP contribution is -2.07. The SMILES string of the molecule is CC(=O)c1cnc2c(NCc3cccnc3)nc(-c3ccccc3)cn12. The molecule has 6 heteroatoms. The van der Waals surface area contributed by atoms with E-state index in [1.807, 2.05) is 48.7 Å². The minimum absolute atomic E-state index is 0.0408. The summed E-state index contributed by atoms with van der Waals surface area (Å²) in [5.74, 6) is 0.587. The number of imidazole rings is 1. The van der Waals surface area contributed by atoms with E-state index in [0.29, 0.717) is 23.7 Å². The van der Waals surface area contributed by atoms with E-state index in [9.17, 15) is 4.79 Å². The molecular formula is C20H17N5O. The number of anilines is 1. The summed E-state index contributed by atoms with van der Waals surface area (Å²) >= 11 is 0. The van der Waals surface area contributed by atoms with Crippen LogP contribution < -0.4 is 5.32 Å². The summed E-state index contributed by atoms with van der Waals surface area (Å²) in [4.78, 5) is 25.2. The summed E-state index contributed by atoms with van der Waals surface area (Å²) in [6.07, 6.45) is 6.98. The summed E-state index contributed by atoms with van der Waals surface area (Å²) in [6.45, 7) is 2.10. The lowest BCUT2D eigenvalue weighted by atomic mass is 10.1. The normalized spacial score (nSPS) is 10.8. The molecule has 0 unspecified atom stereocenters. The number of hydrogen-bond acceptors (Lipinski definition) is 5. The van der Waals surface area contributed by atoms with Gasteiger partial charge in [0.2, 0.25) is 0 Å². The fourth-order valence-corrected chi connectivity index (χ4v) is 2.80. The lowest BCUT2D eigenvalue weighted by molar-refractivity contribution is 0.101. The van der Waals surface area contributed by atoms with Gasteiger partial charge in [0.1, 0.15) is 5.69 Å². The van der Waals surface area contributed by atoms with Crippen LogP contribution in [0.1, 0.15) is 23.0 Å². The number of aromatic nitrogens is 4. The number of carbonyl (C=O) groups is 1. The van der Waals surface area contributed by atoms with E-state index in [-0.39, 0.29) is 5.78 Å². The summed E-state index contributed by atoms with van der Waals surface area (Å²) in [5.41, 5.74) is 3.94. The molecule has 0 spiro atoms. The first-order valence-corrected chi connectivity index (χ1v) is 8.29. The molecule has 0 aliphatic carbocycles. The Balaban J connectivity index is 1.80. The van der Waals surface area contributed by atoms with Crippen LogP contribution in [0.25, 0.3) is 16.9 Å². The van der Waals surface area contributed by atoms with E-state index in [1.165, 1.54) is 6.92 Å². The maximum atomic E-state index is 11.9. The number of ketones is 1. The van der Waals surface area contributed by atoms with Crippen molar-refractivity contribution in [1.29, 1.82) is 0 Å². The highest BCUT2D eigenvalue weighted by molar-refractivity contribution is 5.93. The largest absolute Gasteiger partial charge is 0.363 e. The number of pyridine rings is 1. The van der Waals surface area contributed by atoms with Gasteiger partial charge in [-0.3, -0.25) is 14.2 Å². The highest BCUT2D eigenvalue weighted by Crippen LogP contribution is 2.23. The fraction of sp³-hybridized carbons (Fsp3) is 0.100. The molecule has 3 aromatic heterocycles. The minimum atomic E-state index is -0.0408. The van der Waals surface area contributed by atoms with E-state index in [0.717, 1.165) is 16.8 Å². The molecule has 0 aliphatic rings. The molecule has 1 aromatic carbocycles. The molecule has 0 fully saturated rings. The quantitative estimate of drug-likeness (QED) is 0.561. The molecule has 26 heavy (non-hydrogen) atoms. The number of fused-ring (bicyclic) bond motifs is 1. The first-order valence-electron chi connectivity index (χ1n) is 8.29. The second-order valence-corrected chi connectivity index (χ2v) is 5.95. The summed E-state index contributed by atoms with van der Waals surface area (Å²) < 4.78 is 1.79. The highest BCUT2D eigenvalue weighted by atomic mass is 16.1. The Kier molecular flexibility index (Phi) is 4.15. The van der Waals surface area contributed by atoms with Gasteiger partial charge in [0, 0.05) is 37.6 Å². The Labute approximate surface area is 150 Å². The average molecular weight is 343 g/mol. The molecule has 0 atom stereocenters. The van der Waals surface area contributed by atoms with Crippen LogP contribution in [-0.2, 0) is 6.54 Å². The number of Topliss-reactive ketones (excluding diaryl/α,β-unsaturated/α-hetero) is 1. The van der Waals surface area contributed by atoms with Crippen molar-refractivity contribution in [3.05, 3.63) is 78.5 Å². The molecular weight excluding hydrogens is 326 g/mol. The molecule has 0 saturated carbocycles. The van der Waals surface area contributed by atoms with Crippen LogP contribution in [-0.4, -0.2) is 25.1 Å². The zero-order chi connectivity index (χ0) is 17.9. The number of carbonyl (C=O) groups excluding carboxylic acids is 1. The molecule has 1 N–H and O–H groups in total. The van der Waals surface area contributed by atoms with Crippen LogP contribution in [0.15, 0.2) is 67.3 Å². The highest BCUT2D eigenvalue weighted by Gasteiger charge is 2.14. The molecule has 0 amide bonds. The second-order valence-electron chi connectivity index (χ2n) is 5.95. The minimum Gasteiger partial charge on any atom is -0.363 e. The Morgan fingerprint density at radius 3 is 2.69 bits per heavy atom. The molecule has 0 saturated heterocycles. The molecule has 4 aromatic rings. The van der Waals surface area contributed by atoms with Crippen molar-refractivity contribution in [2.45, 2.75) is 13.5 Å². The molecule has 0 bridgehead atoms. The Morgan fingerprint density at radius 1 is 1.12 bits per heavy atom. The van der Waals surface area contributed by atoms with Gasteiger partial charge in [-0.05, 0) is 11.6 Å². The second kappa shape index (κ2) is 6.76. The summed E-state index contributed by atoms with van der Waals surface area (Å²) in [6, 6.07) is 13.7. The monoisotopic (exact) mass is 343 g/mol. The van der Waals surface area contributed by atoms with E-state index >= 15 is 0 Å². The van der Waals surface area contributed by atoms with Crippen molar-refractivity contribution in [2.75, 3.05) is 5.32 Å². The molecule has 128 valence electrons. The predicted molar refractivity (Wildman–Crippen MR) is 100.0 cm³/mol. The third-order valence-electron chi connectivity index (χ3n) is 4.11. The van der Waals surface area contributed by atoms with Gasteiger partial charge in [0.05, 0.1) is 11.9 Å². The number of nitrogens with zero attached hydrogens (tertiary/aromatic N) is 4. The molecule has 0 radical (unpaired) electrons. The van der Waals surface area contributed by atoms with E-state index in [1.54, 1.807) is 23.0 Å². The van der Waals surface area contributed by atoms with Crippen LogP contribution in [0.2, 0.25) is 0 Å². The Morgan fingerprint density at radius 2 is 1.96 bits per heavy atom. The van der Waals surface area contributed by atoms with Gasteiger partial charge in [0.15, 0.2) is 17.2 Å². The zero-order valence-electron chi connectivity index (χ0n) is 14.3. The van der Waals surface area contributed by atoms with Gasteiger partial charge < -0.3 is 5.32 Å². The number of benzene rings is 1. The molecule has 6 nitrogen and oxygen atoms in total. The van der Waals surface area contributed by atoms with E-state index in [4.69, 9.17) is 4.98 Å². The maximum Gasteiger partial charge on any atom is 0.180 e. The third kappa shape index (κ3) is 3.04. The molecule has 3 heterocycles. The topological polar surface area (TPSA) is 72.2 Å². The van der Waals surface area contributed by atoms with Crippen molar-refractivity contribution < 1.29 is 4.79 Å².